The summed E-state index contributed by atoms with van der Waals surface area (Å²) < 4.78 is 0. The monoisotopic (exact) mass is 301 g/mol. The van der Waals surface area contributed by atoms with Gasteiger partial charge in [-0.2, -0.15) is 0 Å². The third kappa shape index (κ3) is 5.71. The highest BCUT2D eigenvalue weighted by Gasteiger charge is 2.04. The molecule has 2 aromatic carbocycles. The predicted octanol–water partition coefficient (Wildman–Crippen LogP) is 4.74. The molecule has 0 radical (unpaired) electrons. The molecule has 2 nitrogen and oxygen atoms in total. The maximum Gasteiger partial charge on any atom is 0.152 e. The Hall–Kier alpha value is -3.00. The van der Waals surface area contributed by atoms with E-state index in [0.717, 1.165) is 16.8 Å². The maximum absolute atomic E-state index is 10.8. The maximum atomic E-state index is 10.8. The van der Waals surface area contributed by atoms with Crippen molar-refractivity contribution in [1.82, 2.24) is 0 Å². The fourth-order valence-corrected chi connectivity index (χ4v) is 1.99. The van der Waals surface area contributed by atoms with Crippen LogP contribution in [0, 0.1) is 0 Å². The Morgan fingerprint density at radius 3 is 1.83 bits per heavy atom. The molecule has 0 atom stereocenters. The van der Waals surface area contributed by atoms with Crippen molar-refractivity contribution in [1.29, 1.82) is 0 Å². The van der Waals surface area contributed by atoms with Gasteiger partial charge in [-0.1, -0.05) is 78.9 Å². The summed E-state index contributed by atoms with van der Waals surface area (Å²) in [4.78, 5) is 15.4. The van der Waals surface area contributed by atoms with Gasteiger partial charge in [0.05, 0.1) is 5.71 Å². The average molecular weight is 301 g/mol. The van der Waals surface area contributed by atoms with Crippen molar-refractivity contribution < 1.29 is 4.79 Å². The molecule has 0 saturated heterocycles. The van der Waals surface area contributed by atoms with Gasteiger partial charge in [-0.3, -0.25) is 9.79 Å². The highest BCUT2D eigenvalue weighted by Crippen LogP contribution is 2.11. The molecular weight excluding hydrogens is 282 g/mol. The van der Waals surface area contributed by atoms with E-state index in [0.29, 0.717) is 0 Å². The molecule has 2 heteroatoms. The van der Waals surface area contributed by atoms with Crippen LogP contribution in [0.3, 0.4) is 0 Å². The number of rotatable bonds is 6. The van der Waals surface area contributed by atoms with Gasteiger partial charge in [-0.15, -0.1) is 0 Å². The van der Waals surface area contributed by atoms with Crippen LogP contribution < -0.4 is 0 Å². The Morgan fingerprint density at radius 2 is 1.30 bits per heavy atom. The van der Waals surface area contributed by atoms with Crippen LogP contribution in [-0.2, 0) is 4.79 Å². The number of allylic oxidation sites excluding steroid dienone is 5. The lowest BCUT2D eigenvalue weighted by Crippen LogP contribution is -2.02. The summed E-state index contributed by atoms with van der Waals surface area (Å²) in [5.74, 6) is 0.0343. The molecule has 0 aliphatic carbocycles. The predicted molar refractivity (Wildman–Crippen MR) is 96.6 cm³/mol. The molecule has 0 fully saturated rings. The second-order valence-electron chi connectivity index (χ2n) is 4.91. The largest absolute Gasteiger partial charge is 0.295 e. The van der Waals surface area contributed by atoms with Crippen LogP contribution in [0.2, 0.25) is 0 Å². The van der Waals surface area contributed by atoms with Crippen LogP contribution in [-0.4, -0.2) is 11.5 Å². The van der Waals surface area contributed by atoms with E-state index in [1.807, 2.05) is 72.8 Å². The number of hydrogen-bond donors (Lipinski definition) is 0. The number of nitrogens with zero attached hydrogens (tertiary/aromatic N) is 1. The van der Waals surface area contributed by atoms with Crippen molar-refractivity contribution >= 4 is 11.5 Å². The summed E-state index contributed by atoms with van der Waals surface area (Å²) in [6.45, 7) is 1.52. The third-order valence-corrected chi connectivity index (χ3v) is 3.05. The van der Waals surface area contributed by atoms with Crippen LogP contribution in [0.25, 0.3) is 0 Å². The van der Waals surface area contributed by atoms with Crippen LogP contribution >= 0.6 is 0 Å². The first-order valence-corrected chi connectivity index (χ1v) is 7.46. The third-order valence-electron chi connectivity index (χ3n) is 3.05. The van der Waals surface area contributed by atoms with E-state index in [1.165, 1.54) is 13.0 Å². The molecule has 0 N–H and O–H groups in total. The van der Waals surface area contributed by atoms with Crippen LogP contribution in [0.5, 0.6) is 0 Å². The standard InChI is InChI=1S/C21H19NO/c1-18(23)12-6-2-3-11-17-22-21(19-13-7-4-8-14-19)20-15-9-5-10-16-20/h2-17H,1H3/b3-2-,12-6?,17-11-. The molecule has 0 saturated carbocycles. The zero-order valence-electron chi connectivity index (χ0n) is 13.1. The summed E-state index contributed by atoms with van der Waals surface area (Å²) in [6.07, 6.45) is 10.5. The van der Waals surface area contributed by atoms with E-state index in [1.54, 1.807) is 18.4 Å². The van der Waals surface area contributed by atoms with Gasteiger partial charge in [0.2, 0.25) is 0 Å². The summed E-state index contributed by atoms with van der Waals surface area (Å²) in [6, 6.07) is 20.2. The first-order chi connectivity index (χ1) is 11.3. The molecule has 0 unspecified atom stereocenters. The fraction of sp³-hybridized carbons (Fsp3) is 0.0476. The van der Waals surface area contributed by atoms with Gasteiger partial charge < -0.3 is 0 Å². The van der Waals surface area contributed by atoms with E-state index in [2.05, 4.69) is 4.99 Å². The van der Waals surface area contributed by atoms with Gasteiger partial charge in [0.1, 0.15) is 0 Å². The van der Waals surface area contributed by atoms with E-state index in [-0.39, 0.29) is 5.78 Å². The Balaban J connectivity index is 2.20. The van der Waals surface area contributed by atoms with Crippen molar-refractivity contribution in [2.45, 2.75) is 6.92 Å². The Morgan fingerprint density at radius 1 is 0.783 bits per heavy atom. The fourth-order valence-electron chi connectivity index (χ4n) is 1.99. The second kappa shape index (κ2) is 9.11. The van der Waals surface area contributed by atoms with Crippen molar-refractivity contribution in [2.75, 3.05) is 0 Å². The lowest BCUT2D eigenvalue weighted by Gasteiger charge is -2.05. The molecule has 0 aromatic heterocycles. The van der Waals surface area contributed by atoms with Crippen LogP contribution in [0.15, 0.2) is 102 Å². The average Bonchev–Trinajstić information content (AvgIpc) is 2.59. The Kier molecular flexibility index (Phi) is 6.48. The van der Waals surface area contributed by atoms with Gasteiger partial charge in [0, 0.05) is 17.3 Å². The lowest BCUT2D eigenvalue weighted by molar-refractivity contribution is -0.112. The quantitative estimate of drug-likeness (QED) is 0.430. The van der Waals surface area contributed by atoms with Crippen molar-refractivity contribution in [3.8, 4) is 0 Å². The minimum atomic E-state index is 0.0343. The molecule has 0 aliphatic rings. The minimum absolute atomic E-state index is 0.0343. The second-order valence-corrected chi connectivity index (χ2v) is 4.91. The Labute approximate surface area is 137 Å². The molecular formula is C21H19NO. The number of ketones is 1. The zero-order chi connectivity index (χ0) is 16.3. The summed E-state index contributed by atoms with van der Waals surface area (Å²) in [5.41, 5.74) is 3.07. The van der Waals surface area contributed by atoms with Crippen molar-refractivity contribution in [2.24, 2.45) is 4.99 Å². The number of carbonyl (C=O) groups excluding carboxylic acids is 1. The molecule has 0 amide bonds. The van der Waals surface area contributed by atoms with Crippen molar-refractivity contribution in [3.63, 3.8) is 0 Å². The molecule has 114 valence electrons. The molecule has 2 rings (SSSR count). The summed E-state index contributed by atoms with van der Waals surface area (Å²) in [5, 5.41) is 0. The lowest BCUT2D eigenvalue weighted by atomic mass is 10.0. The number of benzene rings is 2. The number of hydrogen-bond acceptors (Lipinski definition) is 2. The molecule has 0 aliphatic heterocycles. The SMILES string of the molecule is CC(=O)C=C/C=C\C=C/N=C(c1ccccc1)c1ccccc1. The highest BCUT2D eigenvalue weighted by atomic mass is 16.1. The highest BCUT2D eigenvalue weighted by molar-refractivity contribution is 6.13. The van der Waals surface area contributed by atoms with Gasteiger partial charge in [-0.25, -0.2) is 0 Å². The molecule has 0 spiro atoms. The molecule has 0 bridgehead atoms. The summed E-state index contributed by atoms with van der Waals surface area (Å²) in [7, 11) is 0. The molecule has 23 heavy (non-hydrogen) atoms. The number of aliphatic imine (C=N–C) groups is 1. The van der Waals surface area contributed by atoms with E-state index < -0.39 is 0 Å². The van der Waals surface area contributed by atoms with Gasteiger partial charge in [-0.05, 0) is 19.1 Å². The smallest absolute Gasteiger partial charge is 0.152 e. The van der Waals surface area contributed by atoms with E-state index >= 15 is 0 Å². The first kappa shape index (κ1) is 16.4. The first-order valence-electron chi connectivity index (χ1n) is 7.46. The van der Waals surface area contributed by atoms with E-state index in [4.69, 9.17) is 0 Å². The van der Waals surface area contributed by atoms with Crippen molar-refractivity contribution in [3.05, 3.63) is 108 Å². The zero-order valence-corrected chi connectivity index (χ0v) is 13.1. The van der Waals surface area contributed by atoms with E-state index in [9.17, 15) is 4.79 Å². The normalized spacial score (nSPS) is 11.3. The van der Waals surface area contributed by atoms with Crippen LogP contribution in [0.4, 0.5) is 0 Å². The van der Waals surface area contributed by atoms with Gasteiger partial charge in [0.25, 0.3) is 0 Å². The van der Waals surface area contributed by atoms with Gasteiger partial charge >= 0.3 is 0 Å². The number of carbonyl (C=O) groups is 1. The molecule has 2 aromatic rings. The molecule has 0 heterocycles. The van der Waals surface area contributed by atoms with Gasteiger partial charge in [0.15, 0.2) is 5.78 Å². The van der Waals surface area contributed by atoms with Crippen LogP contribution in [0.1, 0.15) is 18.1 Å². The topological polar surface area (TPSA) is 29.4 Å². The summed E-state index contributed by atoms with van der Waals surface area (Å²) >= 11 is 0. The minimum Gasteiger partial charge on any atom is -0.295 e. The Bertz CT molecular complexity index is 696.